The second-order valence-corrected chi connectivity index (χ2v) is 10.5. The minimum atomic E-state index is -3.48. The number of hydrogen-bond donors (Lipinski definition) is 1. The van der Waals surface area contributed by atoms with Gasteiger partial charge in [-0.1, -0.05) is 41.7 Å². The van der Waals surface area contributed by atoms with Crippen molar-refractivity contribution in [2.24, 2.45) is 0 Å². The molecule has 2 N–H and O–H groups in total. The molecule has 1 saturated carbocycles. The highest BCUT2D eigenvalue weighted by Gasteiger charge is 2.37. The van der Waals surface area contributed by atoms with Crippen molar-refractivity contribution in [2.45, 2.75) is 25.0 Å². The third kappa shape index (κ3) is 3.68. The van der Waals surface area contributed by atoms with Crippen LogP contribution in [0.25, 0.3) is 22.4 Å². The second kappa shape index (κ2) is 7.47. The zero-order chi connectivity index (χ0) is 21.6. The smallest absolute Gasteiger partial charge is 0.256 e. The van der Waals surface area contributed by atoms with Gasteiger partial charge in [-0.15, -0.1) is 0 Å². The van der Waals surface area contributed by atoms with E-state index in [1.165, 1.54) is 23.7 Å². The molecule has 5 rings (SSSR count). The first-order valence-corrected chi connectivity index (χ1v) is 12.0. The first kappa shape index (κ1) is 19.7. The topological polar surface area (TPSA) is 113 Å². The summed E-state index contributed by atoms with van der Waals surface area (Å²) in [6, 6.07) is 11.5. The van der Waals surface area contributed by atoms with Crippen LogP contribution in [-0.4, -0.2) is 32.8 Å². The van der Waals surface area contributed by atoms with Crippen molar-refractivity contribution in [2.75, 3.05) is 5.73 Å². The van der Waals surface area contributed by atoms with Gasteiger partial charge in [-0.2, -0.15) is 9.19 Å². The largest absolute Gasteiger partial charge is 0.443 e. The fourth-order valence-corrected chi connectivity index (χ4v) is 5.56. The van der Waals surface area contributed by atoms with Crippen molar-refractivity contribution < 1.29 is 13.2 Å². The van der Waals surface area contributed by atoms with Crippen molar-refractivity contribution in [3.05, 3.63) is 60.0 Å². The molecule has 0 atom stereocenters. The van der Waals surface area contributed by atoms with Crippen LogP contribution >= 0.6 is 11.3 Å². The van der Waals surface area contributed by atoms with E-state index < -0.39 is 10.0 Å². The monoisotopic (exact) mass is 453 g/mol. The number of benzene rings is 1. The van der Waals surface area contributed by atoms with Gasteiger partial charge in [-0.05, 0) is 25.8 Å². The van der Waals surface area contributed by atoms with Crippen LogP contribution in [0.1, 0.15) is 17.8 Å². The SMILES string of the molecule is Cc1nc(-c2ccccc2)c(Oc2ccnc(N)c2-c2cnn(S(=O)(=O)C3CC3)c2)s1. The zero-order valence-corrected chi connectivity index (χ0v) is 18.2. The van der Waals surface area contributed by atoms with Crippen LogP contribution in [0, 0.1) is 6.92 Å². The van der Waals surface area contributed by atoms with Crippen LogP contribution in [0.5, 0.6) is 10.8 Å². The number of ether oxygens (including phenoxy) is 1. The van der Waals surface area contributed by atoms with Crippen molar-refractivity contribution in [3.63, 3.8) is 0 Å². The molecule has 1 aromatic carbocycles. The summed E-state index contributed by atoms with van der Waals surface area (Å²) in [4.78, 5) is 8.78. The van der Waals surface area contributed by atoms with Gasteiger partial charge in [0.2, 0.25) is 5.06 Å². The molecule has 1 aliphatic rings. The summed E-state index contributed by atoms with van der Waals surface area (Å²) in [5, 5.41) is 5.18. The molecule has 31 heavy (non-hydrogen) atoms. The Hall–Kier alpha value is -3.24. The van der Waals surface area contributed by atoms with Crippen LogP contribution in [0.2, 0.25) is 0 Å². The lowest BCUT2D eigenvalue weighted by molar-refractivity contribution is 0.498. The maximum Gasteiger partial charge on any atom is 0.256 e. The summed E-state index contributed by atoms with van der Waals surface area (Å²) >= 11 is 1.42. The van der Waals surface area contributed by atoms with Crippen molar-refractivity contribution in [1.29, 1.82) is 0 Å². The Morgan fingerprint density at radius 2 is 1.94 bits per heavy atom. The van der Waals surface area contributed by atoms with E-state index in [4.69, 9.17) is 10.5 Å². The molecule has 0 unspecified atom stereocenters. The number of anilines is 1. The number of nitrogens with zero attached hydrogens (tertiary/aromatic N) is 4. The Morgan fingerprint density at radius 1 is 1.16 bits per heavy atom. The number of nitrogens with two attached hydrogens (primary N) is 1. The maximum absolute atomic E-state index is 12.5. The molecule has 0 aliphatic heterocycles. The number of aromatic nitrogens is 4. The lowest BCUT2D eigenvalue weighted by atomic mass is 10.1. The molecular weight excluding hydrogens is 434 g/mol. The summed E-state index contributed by atoms with van der Waals surface area (Å²) in [7, 11) is -3.48. The Labute approximate surface area is 183 Å². The molecule has 8 nitrogen and oxygen atoms in total. The number of aryl methyl sites for hydroxylation is 1. The number of thiazole rings is 1. The van der Waals surface area contributed by atoms with Crippen molar-refractivity contribution in [1.82, 2.24) is 19.2 Å². The number of pyridine rings is 1. The molecular formula is C21H19N5O3S2. The summed E-state index contributed by atoms with van der Waals surface area (Å²) < 4.78 is 32.3. The van der Waals surface area contributed by atoms with Gasteiger partial charge in [-0.3, -0.25) is 0 Å². The summed E-state index contributed by atoms with van der Waals surface area (Å²) in [5.74, 6) is 0.681. The lowest BCUT2D eigenvalue weighted by Crippen LogP contribution is -2.17. The van der Waals surface area contributed by atoms with Gasteiger partial charge in [0.25, 0.3) is 10.0 Å². The van der Waals surface area contributed by atoms with Crippen LogP contribution in [0.15, 0.2) is 55.0 Å². The maximum atomic E-state index is 12.5. The van der Waals surface area contributed by atoms with Crippen molar-refractivity contribution >= 4 is 27.2 Å². The predicted octanol–water partition coefficient (Wildman–Crippen LogP) is 4.09. The molecule has 1 fully saturated rings. The fourth-order valence-electron chi connectivity index (χ4n) is 3.28. The number of nitrogen functional groups attached to an aromatic ring is 1. The van der Waals surface area contributed by atoms with E-state index in [9.17, 15) is 8.42 Å². The van der Waals surface area contributed by atoms with E-state index in [-0.39, 0.29) is 11.1 Å². The van der Waals surface area contributed by atoms with E-state index >= 15 is 0 Å². The third-order valence-electron chi connectivity index (χ3n) is 4.95. The summed E-state index contributed by atoms with van der Waals surface area (Å²) in [6.45, 7) is 1.92. The number of hydrogen-bond acceptors (Lipinski definition) is 8. The molecule has 4 aromatic rings. The van der Waals surface area contributed by atoms with Crippen molar-refractivity contribution in [3.8, 4) is 33.2 Å². The average molecular weight is 454 g/mol. The van der Waals surface area contributed by atoms with Gasteiger partial charge < -0.3 is 10.5 Å². The van der Waals surface area contributed by atoms with Gasteiger partial charge in [0.1, 0.15) is 17.3 Å². The van der Waals surface area contributed by atoms with Crippen LogP contribution in [-0.2, 0) is 10.0 Å². The minimum Gasteiger partial charge on any atom is -0.443 e. The van der Waals surface area contributed by atoms with E-state index in [1.807, 2.05) is 37.3 Å². The molecule has 0 bridgehead atoms. The van der Waals surface area contributed by atoms with Gasteiger partial charge in [0, 0.05) is 17.3 Å². The molecule has 0 spiro atoms. The summed E-state index contributed by atoms with van der Waals surface area (Å²) in [6.07, 6.45) is 5.80. The highest BCUT2D eigenvalue weighted by atomic mass is 32.2. The minimum absolute atomic E-state index is 0.225. The molecule has 0 radical (unpaired) electrons. The van der Waals surface area contributed by atoms with Gasteiger partial charge in [0.15, 0.2) is 0 Å². The van der Waals surface area contributed by atoms with E-state index in [0.717, 1.165) is 20.4 Å². The number of rotatable bonds is 6. The van der Waals surface area contributed by atoms with Crippen LogP contribution in [0.4, 0.5) is 5.82 Å². The van der Waals surface area contributed by atoms with E-state index in [0.29, 0.717) is 34.8 Å². The van der Waals surface area contributed by atoms with Gasteiger partial charge >= 0.3 is 0 Å². The highest BCUT2D eigenvalue weighted by Crippen LogP contribution is 2.42. The second-order valence-electron chi connectivity index (χ2n) is 7.25. The Bertz CT molecular complexity index is 1360. The molecule has 3 aromatic heterocycles. The molecule has 3 heterocycles. The first-order chi connectivity index (χ1) is 14.9. The van der Waals surface area contributed by atoms with E-state index in [1.54, 1.807) is 12.3 Å². The van der Waals surface area contributed by atoms with Gasteiger partial charge in [-0.25, -0.2) is 18.4 Å². The van der Waals surface area contributed by atoms with Crippen LogP contribution in [0.3, 0.4) is 0 Å². The molecule has 10 heteroatoms. The van der Waals surface area contributed by atoms with Gasteiger partial charge in [0.05, 0.1) is 28.2 Å². The first-order valence-electron chi connectivity index (χ1n) is 9.68. The molecule has 158 valence electrons. The fraction of sp³-hybridized carbons (Fsp3) is 0.190. The predicted molar refractivity (Wildman–Crippen MR) is 120 cm³/mol. The normalized spacial score (nSPS) is 14.0. The average Bonchev–Trinajstić information content (AvgIpc) is 3.40. The Morgan fingerprint density at radius 3 is 2.68 bits per heavy atom. The quantitative estimate of drug-likeness (QED) is 0.468. The molecule has 1 aliphatic carbocycles. The van der Waals surface area contributed by atoms with E-state index in [2.05, 4.69) is 15.1 Å². The summed E-state index contributed by atoms with van der Waals surface area (Å²) in [5.41, 5.74) is 8.84. The molecule has 0 saturated heterocycles. The standard InChI is InChI=1S/C21H19N5O3S2/c1-13-25-19(14-5-3-2-4-6-14)21(30-13)29-17-9-10-23-20(22)18(17)15-11-24-26(12-15)31(27,28)16-7-8-16/h2-6,9-12,16H,7-8H2,1H3,(H2,22,23). The third-order valence-corrected chi connectivity index (χ3v) is 7.83. The highest BCUT2D eigenvalue weighted by molar-refractivity contribution is 7.90. The molecule has 0 amide bonds. The lowest BCUT2D eigenvalue weighted by Gasteiger charge is -2.11. The Kier molecular flexibility index (Phi) is 4.75. The zero-order valence-electron chi connectivity index (χ0n) is 16.6. The Balaban J connectivity index is 1.55. The van der Waals surface area contributed by atoms with Crippen LogP contribution < -0.4 is 10.5 Å².